The van der Waals surface area contributed by atoms with Crippen molar-refractivity contribution < 1.29 is 0 Å². The van der Waals surface area contributed by atoms with E-state index in [0.717, 1.165) is 17.8 Å². The first-order valence-electron chi connectivity index (χ1n) is 12.4. The first kappa shape index (κ1) is 21.9. The van der Waals surface area contributed by atoms with Gasteiger partial charge in [-0.3, -0.25) is 0 Å². The molecule has 0 aliphatic rings. The average Bonchev–Trinajstić information content (AvgIpc) is 3.42. The van der Waals surface area contributed by atoms with Crippen molar-refractivity contribution in [2.45, 2.75) is 13.5 Å². The van der Waals surface area contributed by atoms with Gasteiger partial charge in [-0.2, -0.15) is 0 Å². The minimum absolute atomic E-state index is 0.796. The fourth-order valence-corrected chi connectivity index (χ4v) is 5.48. The Balaban J connectivity index is 1.76. The van der Waals surface area contributed by atoms with Gasteiger partial charge in [-0.05, 0) is 48.4 Å². The van der Waals surface area contributed by atoms with E-state index in [2.05, 4.69) is 132 Å². The van der Waals surface area contributed by atoms with Crippen LogP contribution in [0.4, 0.5) is 0 Å². The van der Waals surface area contributed by atoms with Crippen LogP contribution in [-0.2, 0) is 6.54 Å². The van der Waals surface area contributed by atoms with E-state index >= 15 is 0 Å². The molecule has 4 aromatic carbocycles. The molecule has 2 nitrogen and oxygen atoms in total. The predicted molar refractivity (Wildman–Crippen MR) is 157 cm³/mol. The molecule has 0 saturated heterocycles. The van der Waals surface area contributed by atoms with E-state index < -0.39 is 0 Å². The Kier molecular flexibility index (Phi) is 5.42. The summed E-state index contributed by atoms with van der Waals surface area (Å²) in [6.45, 7) is 10.7. The van der Waals surface area contributed by atoms with E-state index in [9.17, 15) is 0 Å². The minimum atomic E-state index is 0.796. The molecule has 6 rings (SSSR count). The Hall–Kier alpha value is -4.56. The quantitative estimate of drug-likeness (QED) is 0.217. The highest BCUT2D eigenvalue weighted by Gasteiger charge is 2.20. The van der Waals surface area contributed by atoms with Gasteiger partial charge in [0.15, 0.2) is 0 Å². The summed E-state index contributed by atoms with van der Waals surface area (Å²) < 4.78 is 4.84. The van der Waals surface area contributed by atoms with Gasteiger partial charge in [-0.25, -0.2) is 0 Å². The van der Waals surface area contributed by atoms with Crippen molar-refractivity contribution in [2.75, 3.05) is 0 Å². The fraction of sp³-hybridized carbons (Fsp3) is 0.0588. The summed E-state index contributed by atoms with van der Waals surface area (Å²) in [5, 5.41) is 5.10. The summed E-state index contributed by atoms with van der Waals surface area (Å²) in [6.07, 6.45) is 10.1. The molecule has 0 radical (unpaired) electrons. The lowest BCUT2D eigenvalue weighted by atomic mass is 10.1. The zero-order valence-corrected chi connectivity index (χ0v) is 20.5. The van der Waals surface area contributed by atoms with Crippen LogP contribution in [0.15, 0.2) is 122 Å². The SMILES string of the molecule is C=C/C=C(\C=C/C)n1c2ccccc2c2c3c(ccc21)c1ccccc1n3Cc1ccc(C=C)cc1. The Labute approximate surface area is 211 Å². The molecule has 0 N–H and O–H groups in total. The summed E-state index contributed by atoms with van der Waals surface area (Å²) in [7, 11) is 0. The van der Waals surface area contributed by atoms with Gasteiger partial charge in [-0.15, -0.1) is 0 Å². The maximum absolute atomic E-state index is 3.97. The number of benzene rings is 4. The minimum Gasteiger partial charge on any atom is -0.335 e. The van der Waals surface area contributed by atoms with Gasteiger partial charge in [-0.1, -0.05) is 98.1 Å². The topological polar surface area (TPSA) is 9.86 Å². The third-order valence-electron chi connectivity index (χ3n) is 7.01. The zero-order valence-electron chi connectivity index (χ0n) is 20.5. The molecule has 0 unspecified atom stereocenters. The maximum Gasteiger partial charge on any atom is 0.0596 e. The smallest absolute Gasteiger partial charge is 0.0596 e. The van der Waals surface area contributed by atoms with Crippen molar-refractivity contribution in [3.8, 4) is 0 Å². The number of rotatable bonds is 6. The van der Waals surface area contributed by atoms with Crippen LogP contribution in [0.2, 0.25) is 0 Å². The summed E-state index contributed by atoms with van der Waals surface area (Å²) in [5.74, 6) is 0. The van der Waals surface area contributed by atoms with Crippen LogP contribution in [0.5, 0.6) is 0 Å². The van der Waals surface area contributed by atoms with Crippen molar-refractivity contribution in [1.82, 2.24) is 9.13 Å². The van der Waals surface area contributed by atoms with Crippen molar-refractivity contribution in [3.05, 3.63) is 134 Å². The van der Waals surface area contributed by atoms with Crippen LogP contribution in [0, 0.1) is 0 Å². The van der Waals surface area contributed by atoms with Crippen LogP contribution >= 0.6 is 0 Å². The molecule has 0 bridgehead atoms. The Morgan fingerprint density at radius 2 is 1.47 bits per heavy atom. The Bertz CT molecular complexity index is 1840. The monoisotopic (exact) mass is 464 g/mol. The average molecular weight is 465 g/mol. The second-order valence-corrected chi connectivity index (χ2v) is 9.08. The van der Waals surface area contributed by atoms with Gasteiger partial charge in [0.05, 0.1) is 16.6 Å². The van der Waals surface area contributed by atoms with E-state index in [1.165, 1.54) is 49.2 Å². The number of hydrogen-bond acceptors (Lipinski definition) is 0. The molecule has 0 saturated carbocycles. The number of allylic oxidation sites excluding steroid dienone is 5. The molecule has 0 amide bonds. The maximum atomic E-state index is 3.97. The van der Waals surface area contributed by atoms with Crippen molar-refractivity contribution in [2.24, 2.45) is 0 Å². The molecule has 2 heteroatoms. The lowest BCUT2D eigenvalue weighted by Gasteiger charge is -2.11. The van der Waals surface area contributed by atoms with E-state index in [-0.39, 0.29) is 0 Å². The lowest BCUT2D eigenvalue weighted by Crippen LogP contribution is -2.00. The van der Waals surface area contributed by atoms with E-state index in [1.807, 2.05) is 12.2 Å². The van der Waals surface area contributed by atoms with Gasteiger partial charge in [0.25, 0.3) is 0 Å². The zero-order chi connectivity index (χ0) is 24.6. The highest BCUT2D eigenvalue weighted by molar-refractivity contribution is 6.26. The molecular formula is C34H28N2. The molecule has 0 fully saturated rings. The Morgan fingerprint density at radius 1 is 0.750 bits per heavy atom. The fourth-order valence-electron chi connectivity index (χ4n) is 5.48. The van der Waals surface area contributed by atoms with Crippen molar-refractivity contribution in [1.29, 1.82) is 0 Å². The van der Waals surface area contributed by atoms with Crippen LogP contribution < -0.4 is 0 Å². The third-order valence-corrected chi connectivity index (χ3v) is 7.01. The molecule has 0 aliphatic heterocycles. The van der Waals surface area contributed by atoms with Gasteiger partial charge in [0, 0.05) is 39.3 Å². The number of fused-ring (bicyclic) bond motifs is 7. The number of nitrogens with zero attached hydrogens (tertiary/aromatic N) is 2. The molecular weight excluding hydrogens is 436 g/mol. The van der Waals surface area contributed by atoms with E-state index in [4.69, 9.17) is 0 Å². The first-order chi connectivity index (χ1) is 17.7. The van der Waals surface area contributed by atoms with E-state index in [0.29, 0.717) is 0 Å². The van der Waals surface area contributed by atoms with Gasteiger partial charge >= 0.3 is 0 Å². The highest BCUT2D eigenvalue weighted by atomic mass is 15.0. The summed E-state index contributed by atoms with van der Waals surface area (Å²) in [4.78, 5) is 0. The first-order valence-corrected chi connectivity index (χ1v) is 12.4. The third kappa shape index (κ3) is 3.34. The van der Waals surface area contributed by atoms with Gasteiger partial charge in [0.1, 0.15) is 0 Å². The highest BCUT2D eigenvalue weighted by Crippen LogP contribution is 2.40. The normalized spacial score (nSPS) is 12.4. The van der Waals surface area contributed by atoms with Gasteiger partial charge < -0.3 is 9.13 Å². The van der Waals surface area contributed by atoms with Crippen LogP contribution in [-0.4, -0.2) is 9.13 Å². The molecule has 2 heterocycles. The molecule has 0 aliphatic carbocycles. The van der Waals surface area contributed by atoms with Crippen LogP contribution in [0.1, 0.15) is 18.1 Å². The molecule has 0 spiro atoms. The lowest BCUT2D eigenvalue weighted by molar-refractivity contribution is 0.872. The largest absolute Gasteiger partial charge is 0.335 e. The summed E-state index contributed by atoms with van der Waals surface area (Å²) >= 11 is 0. The number of hydrogen-bond donors (Lipinski definition) is 0. The summed E-state index contributed by atoms with van der Waals surface area (Å²) in [5.41, 5.74) is 8.41. The van der Waals surface area contributed by atoms with Gasteiger partial charge in [0.2, 0.25) is 0 Å². The predicted octanol–water partition coefficient (Wildman–Crippen LogP) is 9.20. The molecule has 0 atom stereocenters. The standard InChI is InChI=1S/C34H28N2/c1-4-11-26(12-5-2)36-31-16-10-8-14-29(31)33-32(36)22-21-28-27-13-7-9-15-30(27)35(34(28)33)23-25-19-17-24(6-3)18-20-25/h4-22H,1,3,23H2,2H3/b12-5-,26-11+. The van der Waals surface area contributed by atoms with Crippen molar-refractivity contribution in [3.63, 3.8) is 0 Å². The molecule has 2 aromatic heterocycles. The van der Waals surface area contributed by atoms with E-state index in [1.54, 1.807) is 0 Å². The molecule has 174 valence electrons. The molecule has 36 heavy (non-hydrogen) atoms. The second-order valence-electron chi connectivity index (χ2n) is 9.08. The number of aromatic nitrogens is 2. The van der Waals surface area contributed by atoms with Crippen LogP contribution in [0.3, 0.4) is 0 Å². The van der Waals surface area contributed by atoms with Crippen molar-refractivity contribution >= 4 is 55.4 Å². The summed E-state index contributed by atoms with van der Waals surface area (Å²) in [6, 6.07) is 30.7. The molecule has 6 aromatic rings. The second kappa shape index (κ2) is 8.90. The van der Waals surface area contributed by atoms with Crippen LogP contribution in [0.25, 0.3) is 55.4 Å². The number of para-hydroxylation sites is 2. The Morgan fingerprint density at radius 3 is 2.19 bits per heavy atom.